The van der Waals surface area contributed by atoms with Crippen LogP contribution in [0.5, 0.6) is 0 Å². The molecule has 0 unspecified atom stereocenters. The van der Waals surface area contributed by atoms with Crippen molar-refractivity contribution in [2.45, 2.75) is 31.7 Å². The van der Waals surface area contributed by atoms with Crippen molar-refractivity contribution in [1.29, 1.82) is 0 Å². The normalized spacial score (nSPS) is 30.6. The molecule has 4 heteroatoms. The van der Waals surface area contributed by atoms with Gasteiger partial charge in [0.1, 0.15) is 0 Å². The molecule has 1 fully saturated rings. The molecule has 1 saturated carbocycles. The number of carboxylic acids is 1. The summed E-state index contributed by atoms with van der Waals surface area (Å²) in [5.74, 6) is -1.37. The van der Waals surface area contributed by atoms with Crippen LogP contribution in [0.1, 0.15) is 25.7 Å². The molecule has 11 heavy (non-hydrogen) atoms. The fourth-order valence-electron chi connectivity index (χ4n) is 1.45. The molecular formula is C7H12NNaO2. The van der Waals surface area contributed by atoms with E-state index in [0.29, 0.717) is 6.42 Å². The maximum Gasteiger partial charge on any atom is 1.00 e. The predicted molar refractivity (Wildman–Crippen MR) is 34.9 cm³/mol. The van der Waals surface area contributed by atoms with Gasteiger partial charge in [0.2, 0.25) is 0 Å². The van der Waals surface area contributed by atoms with E-state index in [4.69, 9.17) is 5.73 Å². The number of rotatable bonds is 1. The van der Waals surface area contributed by atoms with Gasteiger partial charge in [-0.05, 0) is 12.8 Å². The van der Waals surface area contributed by atoms with E-state index in [1.165, 1.54) is 0 Å². The van der Waals surface area contributed by atoms with E-state index in [2.05, 4.69) is 0 Å². The Morgan fingerprint density at radius 3 is 2.27 bits per heavy atom. The number of hydrogen-bond donors (Lipinski definition) is 1. The average molecular weight is 165 g/mol. The van der Waals surface area contributed by atoms with E-state index in [9.17, 15) is 9.90 Å². The van der Waals surface area contributed by atoms with Gasteiger partial charge in [-0.25, -0.2) is 0 Å². The minimum Gasteiger partial charge on any atom is -0.550 e. The summed E-state index contributed by atoms with van der Waals surface area (Å²) in [6, 6.07) is -0.168. The van der Waals surface area contributed by atoms with Gasteiger partial charge in [-0.15, -0.1) is 0 Å². The molecular weight excluding hydrogens is 153 g/mol. The first-order chi connectivity index (χ1) is 4.72. The van der Waals surface area contributed by atoms with Gasteiger partial charge in [-0.2, -0.15) is 0 Å². The minimum atomic E-state index is -0.979. The zero-order valence-electron chi connectivity index (χ0n) is 6.88. The summed E-state index contributed by atoms with van der Waals surface area (Å²) >= 11 is 0. The van der Waals surface area contributed by atoms with Crippen LogP contribution in [0.3, 0.4) is 0 Å². The Kier molecular flexibility index (Phi) is 5.34. The molecule has 0 aromatic heterocycles. The Balaban J connectivity index is 0.000001000. The maximum atomic E-state index is 10.4. The fraction of sp³-hybridized carbons (Fsp3) is 0.857. The van der Waals surface area contributed by atoms with Crippen molar-refractivity contribution in [3.63, 3.8) is 0 Å². The molecule has 0 radical (unpaired) electrons. The van der Waals surface area contributed by atoms with Gasteiger partial charge in [0.25, 0.3) is 0 Å². The molecule has 0 amide bonds. The third kappa shape index (κ3) is 3.11. The monoisotopic (exact) mass is 165 g/mol. The van der Waals surface area contributed by atoms with E-state index < -0.39 is 11.9 Å². The zero-order chi connectivity index (χ0) is 7.56. The smallest absolute Gasteiger partial charge is 0.550 e. The molecule has 0 aromatic carbocycles. The number of carbonyl (C=O) groups excluding carboxylic acids is 1. The summed E-state index contributed by atoms with van der Waals surface area (Å²) in [6.45, 7) is 0. The molecule has 0 aliphatic heterocycles. The van der Waals surface area contributed by atoms with E-state index in [1.54, 1.807) is 0 Å². The second-order valence-corrected chi connectivity index (χ2v) is 2.87. The molecule has 58 valence electrons. The molecule has 0 saturated heterocycles. The Labute approximate surface area is 88.6 Å². The first-order valence-corrected chi connectivity index (χ1v) is 3.68. The summed E-state index contributed by atoms with van der Waals surface area (Å²) in [5.41, 5.74) is 5.56. The third-order valence-corrected chi connectivity index (χ3v) is 2.12. The van der Waals surface area contributed by atoms with Crippen LogP contribution < -0.4 is 40.4 Å². The van der Waals surface area contributed by atoms with Crippen LogP contribution in [0.15, 0.2) is 0 Å². The maximum absolute atomic E-state index is 10.4. The molecule has 3 nitrogen and oxygen atoms in total. The van der Waals surface area contributed by atoms with Crippen LogP contribution in [0.4, 0.5) is 0 Å². The van der Waals surface area contributed by atoms with Gasteiger partial charge in [-0.3, -0.25) is 0 Å². The van der Waals surface area contributed by atoms with Gasteiger partial charge in [0.15, 0.2) is 0 Å². The number of carbonyl (C=O) groups is 1. The van der Waals surface area contributed by atoms with E-state index >= 15 is 0 Å². The summed E-state index contributed by atoms with van der Waals surface area (Å²) < 4.78 is 0. The Morgan fingerprint density at radius 1 is 1.36 bits per heavy atom. The van der Waals surface area contributed by atoms with Crippen molar-refractivity contribution in [3.05, 3.63) is 0 Å². The first-order valence-electron chi connectivity index (χ1n) is 3.68. The first kappa shape index (κ1) is 11.4. The van der Waals surface area contributed by atoms with Crippen molar-refractivity contribution in [2.24, 2.45) is 11.7 Å². The Bertz CT molecular complexity index is 140. The van der Waals surface area contributed by atoms with Crippen LogP contribution in [0, 0.1) is 5.92 Å². The molecule has 2 atom stereocenters. The molecule has 0 heterocycles. The fourth-order valence-corrected chi connectivity index (χ4v) is 1.45. The average Bonchev–Trinajstić information content (AvgIpc) is 1.88. The van der Waals surface area contributed by atoms with Crippen molar-refractivity contribution >= 4 is 5.97 Å². The zero-order valence-corrected chi connectivity index (χ0v) is 8.88. The molecule has 1 aliphatic carbocycles. The number of hydrogen-bond acceptors (Lipinski definition) is 3. The van der Waals surface area contributed by atoms with Crippen molar-refractivity contribution < 1.29 is 39.5 Å². The van der Waals surface area contributed by atoms with Gasteiger partial charge < -0.3 is 15.6 Å². The van der Waals surface area contributed by atoms with E-state index in [-0.39, 0.29) is 35.6 Å². The Hall–Kier alpha value is 0.430. The van der Waals surface area contributed by atoms with Crippen molar-refractivity contribution in [1.82, 2.24) is 0 Å². The molecule has 1 aliphatic rings. The van der Waals surface area contributed by atoms with Gasteiger partial charge >= 0.3 is 29.6 Å². The summed E-state index contributed by atoms with van der Waals surface area (Å²) in [7, 11) is 0. The SMILES string of the molecule is N[C@@H]1CCCC[C@H]1C(=O)[O-].[Na+]. The van der Waals surface area contributed by atoms with E-state index in [0.717, 1.165) is 19.3 Å². The Morgan fingerprint density at radius 2 is 1.91 bits per heavy atom. The van der Waals surface area contributed by atoms with Crippen LogP contribution >= 0.6 is 0 Å². The van der Waals surface area contributed by atoms with Crippen LogP contribution in [-0.2, 0) is 4.79 Å². The quantitative estimate of drug-likeness (QED) is 0.406. The van der Waals surface area contributed by atoms with Gasteiger partial charge in [0, 0.05) is 17.9 Å². The van der Waals surface area contributed by atoms with Gasteiger partial charge in [0.05, 0.1) is 0 Å². The number of nitrogens with two attached hydrogens (primary N) is 1. The van der Waals surface area contributed by atoms with Gasteiger partial charge in [-0.1, -0.05) is 12.8 Å². The predicted octanol–water partition coefficient (Wildman–Crippen LogP) is -3.74. The molecule has 1 rings (SSSR count). The minimum absolute atomic E-state index is 0. The topological polar surface area (TPSA) is 66.2 Å². The molecule has 0 spiro atoms. The summed E-state index contributed by atoms with van der Waals surface area (Å²) in [5, 5.41) is 10.4. The summed E-state index contributed by atoms with van der Waals surface area (Å²) in [4.78, 5) is 10.4. The molecule has 0 aromatic rings. The number of carboxylic acid groups (broad SMARTS) is 1. The molecule has 2 N–H and O–H groups in total. The third-order valence-electron chi connectivity index (χ3n) is 2.12. The summed E-state index contributed by atoms with van der Waals surface area (Å²) in [6.07, 6.45) is 3.57. The second-order valence-electron chi connectivity index (χ2n) is 2.87. The van der Waals surface area contributed by atoms with Crippen molar-refractivity contribution in [3.8, 4) is 0 Å². The van der Waals surface area contributed by atoms with Crippen LogP contribution in [-0.4, -0.2) is 12.0 Å². The standard InChI is InChI=1S/C7H13NO2.Na/c8-6-4-2-1-3-5(6)7(9)10;/h5-6H,1-4,8H2,(H,9,10);/q;+1/p-1/t5-,6-;/m1./s1. The van der Waals surface area contributed by atoms with E-state index in [1.807, 2.05) is 0 Å². The van der Waals surface area contributed by atoms with Crippen LogP contribution in [0.2, 0.25) is 0 Å². The van der Waals surface area contributed by atoms with Crippen molar-refractivity contribution in [2.75, 3.05) is 0 Å². The molecule has 0 bridgehead atoms. The number of aliphatic carboxylic acids is 1. The largest absolute Gasteiger partial charge is 1.00 e. The van der Waals surface area contributed by atoms with Crippen LogP contribution in [0.25, 0.3) is 0 Å². The second kappa shape index (κ2) is 5.14.